The Morgan fingerprint density at radius 2 is 2.30 bits per heavy atom. The number of benzene rings is 1. The summed E-state index contributed by atoms with van der Waals surface area (Å²) in [5.41, 5.74) is -0.202. The van der Waals surface area contributed by atoms with Crippen molar-refractivity contribution in [2.75, 3.05) is 13.2 Å². The van der Waals surface area contributed by atoms with Crippen LogP contribution in [-0.4, -0.2) is 30.2 Å². The van der Waals surface area contributed by atoms with Crippen molar-refractivity contribution in [2.24, 2.45) is 0 Å². The molecule has 0 aromatic heterocycles. The fourth-order valence-electron chi connectivity index (χ4n) is 1.97. The minimum absolute atomic E-state index is 0.0119. The Morgan fingerprint density at radius 3 is 2.95 bits per heavy atom. The molecule has 1 heterocycles. The number of rotatable bonds is 4. The van der Waals surface area contributed by atoms with Crippen molar-refractivity contribution < 1.29 is 19.2 Å². The number of nitro benzene ring substituents is 1. The normalized spacial score (nSPS) is 18.6. The zero-order valence-electron chi connectivity index (χ0n) is 10.7. The Balaban J connectivity index is 1.98. The predicted octanol–water partition coefficient (Wildman–Crippen LogP) is 2.97. The highest BCUT2D eigenvalue weighted by Crippen LogP contribution is 2.25. The van der Waals surface area contributed by atoms with Gasteiger partial charge in [0.2, 0.25) is 0 Å². The minimum Gasteiger partial charge on any atom is -0.459 e. The first-order valence-corrected chi connectivity index (χ1v) is 6.68. The van der Waals surface area contributed by atoms with Gasteiger partial charge in [0.15, 0.2) is 0 Å². The van der Waals surface area contributed by atoms with Crippen molar-refractivity contribution in [2.45, 2.75) is 25.4 Å². The Kier molecular flexibility index (Phi) is 4.92. The molecule has 0 spiro atoms. The van der Waals surface area contributed by atoms with Gasteiger partial charge in [-0.05, 0) is 31.4 Å². The maximum atomic E-state index is 11.8. The van der Waals surface area contributed by atoms with Gasteiger partial charge >= 0.3 is 5.97 Å². The second-order valence-corrected chi connectivity index (χ2v) is 4.92. The molecular weight excluding hydrogens is 286 g/mol. The average Bonchev–Trinajstić information content (AvgIpc) is 2.46. The summed E-state index contributed by atoms with van der Waals surface area (Å²) in [7, 11) is 0. The van der Waals surface area contributed by atoms with Gasteiger partial charge in [-0.25, -0.2) is 4.79 Å². The summed E-state index contributed by atoms with van der Waals surface area (Å²) >= 11 is 5.68. The van der Waals surface area contributed by atoms with E-state index in [0.717, 1.165) is 25.3 Å². The first kappa shape index (κ1) is 14.7. The molecule has 1 saturated heterocycles. The van der Waals surface area contributed by atoms with Gasteiger partial charge < -0.3 is 9.47 Å². The van der Waals surface area contributed by atoms with Gasteiger partial charge in [0.05, 0.1) is 16.6 Å². The highest BCUT2D eigenvalue weighted by Gasteiger charge is 2.19. The first-order valence-electron chi connectivity index (χ1n) is 6.30. The van der Waals surface area contributed by atoms with Gasteiger partial charge in [-0.3, -0.25) is 10.1 Å². The standard InChI is InChI=1S/C13H14ClNO5/c14-11-5-4-9(7-12(11)15(17)18)13(16)20-8-10-3-1-2-6-19-10/h4-5,7,10H,1-3,6,8H2. The van der Waals surface area contributed by atoms with E-state index in [1.165, 1.54) is 12.1 Å². The number of nitro groups is 1. The van der Waals surface area contributed by atoms with Crippen LogP contribution in [0.4, 0.5) is 5.69 Å². The van der Waals surface area contributed by atoms with Crippen LogP contribution in [0.2, 0.25) is 5.02 Å². The lowest BCUT2D eigenvalue weighted by atomic mass is 10.1. The molecule has 2 rings (SSSR count). The summed E-state index contributed by atoms with van der Waals surface area (Å²) in [6.07, 6.45) is 2.84. The van der Waals surface area contributed by atoms with Crippen molar-refractivity contribution >= 4 is 23.3 Å². The van der Waals surface area contributed by atoms with E-state index in [-0.39, 0.29) is 29.0 Å². The van der Waals surface area contributed by atoms with Crippen molar-refractivity contribution in [1.29, 1.82) is 0 Å². The van der Waals surface area contributed by atoms with E-state index in [9.17, 15) is 14.9 Å². The van der Waals surface area contributed by atoms with E-state index in [1.807, 2.05) is 0 Å². The lowest BCUT2D eigenvalue weighted by Gasteiger charge is -2.22. The van der Waals surface area contributed by atoms with E-state index in [4.69, 9.17) is 21.1 Å². The Labute approximate surface area is 120 Å². The summed E-state index contributed by atoms with van der Waals surface area (Å²) in [5.74, 6) is -0.612. The zero-order valence-corrected chi connectivity index (χ0v) is 11.5. The van der Waals surface area contributed by atoms with Crippen molar-refractivity contribution in [1.82, 2.24) is 0 Å². The molecule has 108 valence electrons. The van der Waals surface area contributed by atoms with Crippen LogP contribution in [0.15, 0.2) is 18.2 Å². The van der Waals surface area contributed by atoms with Crippen LogP contribution in [0.1, 0.15) is 29.6 Å². The van der Waals surface area contributed by atoms with Gasteiger partial charge in [0, 0.05) is 12.7 Å². The molecule has 0 aliphatic carbocycles. The molecule has 1 aromatic carbocycles. The topological polar surface area (TPSA) is 78.7 Å². The van der Waals surface area contributed by atoms with Gasteiger partial charge in [-0.15, -0.1) is 0 Å². The van der Waals surface area contributed by atoms with E-state index in [2.05, 4.69) is 0 Å². The summed E-state index contributed by atoms with van der Waals surface area (Å²) in [5, 5.41) is 10.7. The van der Waals surface area contributed by atoms with Gasteiger partial charge in [0.1, 0.15) is 11.6 Å². The third-order valence-electron chi connectivity index (χ3n) is 3.05. The quantitative estimate of drug-likeness (QED) is 0.485. The lowest BCUT2D eigenvalue weighted by Crippen LogP contribution is -2.25. The number of nitrogens with zero attached hydrogens (tertiary/aromatic N) is 1. The number of hydrogen-bond acceptors (Lipinski definition) is 5. The molecular formula is C13H14ClNO5. The van der Waals surface area contributed by atoms with E-state index >= 15 is 0 Å². The molecule has 1 unspecified atom stereocenters. The maximum absolute atomic E-state index is 11.8. The molecule has 0 bridgehead atoms. The van der Waals surface area contributed by atoms with Crippen LogP contribution in [0.3, 0.4) is 0 Å². The molecule has 0 saturated carbocycles. The summed E-state index contributed by atoms with van der Waals surface area (Å²) in [6, 6.07) is 3.83. The SMILES string of the molecule is O=C(OCC1CCCCO1)c1ccc(Cl)c([N+](=O)[O-])c1. The molecule has 6 nitrogen and oxygen atoms in total. The van der Waals surface area contributed by atoms with Crippen LogP contribution >= 0.6 is 11.6 Å². The second kappa shape index (κ2) is 6.67. The minimum atomic E-state index is -0.636. The average molecular weight is 300 g/mol. The number of carbonyl (C=O) groups is 1. The van der Waals surface area contributed by atoms with Gasteiger partial charge in [0.25, 0.3) is 5.69 Å². The Morgan fingerprint density at radius 1 is 1.50 bits per heavy atom. The van der Waals surface area contributed by atoms with E-state index in [0.29, 0.717) is 6.61 Å². The fourth-order valence-corrected chi connectivity index (χ4v) is 2.16. The number of halogens is 1. The lowest BCUT2D eigenvalue weighted by molar-refractivity contribution is -0.384. The van der Waals surface area contributed by atoms with Crippen LogP contribution in [-0.2, 0) is 9.47 Å². The molecule has 1 aromatic rings. The number of hydrogen-bond donors (Lipinski definition) is 0. The van der Waals surface area contributed by atoms with Crippen LogP contribution in [0.5, 0.6) is 0 Å². The van der Waals surface area contributed by atoms with E-state index < -0.39 is 10.9 Å². The molecule has 0 radical (unpaired) electrons. The van der Waals surface area contributed by atoms with E-state index in [1.54, 1.807) is 0 Å². The molecule has 0 amide bonds. The summed E-state index contributed by atoms with van der Waals surface area (Å²) in [6.45, 7) is 0.837. The summed E-state index contributed by atoms with van der Waals surface area (Å²) < 4.78 is 10.6. The fraction of sp³-hybridized carbons (Fsp3) is 0.462. The Bertz CT molecular complexity index is 513. The highest BCUT2D eigenvalue weighted by molar-refractivity contribution is 6.32. The molecule has 1 fully saturated rings. The largest absolute Gasteiger partial charge is 0.459 e. The third-order valence-corrected chi connectivity index (χ3v) is 3.37. The summed E-state index contributed by atoms with van der Waals surface area (Å²) in [4.78, 5) is 21.9. The molecule has 1 atom stereocenters. The zero-order chi connectivity index (χ0) is 14.5. The molecule has 20 heavy (non-hydrogen) atoms. The number of carbonyl (C=O) groups excluding carboxylic acids is 1. The third kappa shape index (κ3) is 3.68. The van der Waals surface area contributed by atoms with Crippen LogP contribution in [0.25, 0.3) is 0 Å². The highest BCUT2D eigenvalue weighted by atomic mass is 35.5. The van der Waals surface area contributed by atoms with Crippen LogP contribution in [0, 0.1) is 10.1 Å². The smallest absolute Gasteiger partial charge is 0.338 e. The van der Waals surface area contributed by atoms with Crippen molar-refractivity contribution in [3.8, 4) is 0 Å². The molecule has 0 N–H and O–H groups in total. The molecule has 1 aliphatic rings. The Hall–Kier alpha value is -1.66. The maximum Gasteiger partial charge on any atom is 0.338 e. The molecule has 1 aliphatic heterocycles. The van der Waals surface area contributed by atoms with Crippen molar-refractivity contribution in [3.05, 3.63) is 38.9 Å². The second-order valence-electron chi connectivity index (χ2n) is 4.51. The van der Waals surface area contributed by atoms with Crippen molar-refractivity contribution in [3.63, 3.8) is 0 Å². The number of esters is 1. The van der Waals surface area contributed by atoms with Gasteiger partial charge in [-0.2, -0.15) is 0 Å². The monoisotopic (exact) mass is 299 g/mol. The van der Waals surface area contributed by atoms with Gasteiger partial charge in [-0.1, -0.05) is 11.6 Å². The molecule has 7 heteroatoms. The number of ether oxygens (including phenoxy) is 2. The predicted molar refractivity (Wildman–Crippen MR) is 72.0 cm³/mol. The van der Waals surface area contributed by atoms with Crippen LogP contribution < -0.4 is 0 Å². The first-order chi connectivity index (χ1) is 9.58.